The van der Waals surface area contributed by atoms with E-state index in [9.17, 15) is 5.11 Å². The predicted octanol–water partition coefficient (Wildman–Crippen LogP) is 0.581. The molecule has 0 amide bonds. The summed E-state index contributed by atoms with van der Waals surface area (Å²) < 4.78 is 9.92. The van der Waals surface area contributed by atoms with Crippen LogP contribution in [-0.2, 0) is 9.47 Å². The van der Waals surface area contributed by atoms with Crippen molar-refractivity contribution in [2.45, 2.75) is 20.1 Å². The van der Waals surface area contributed by atoms with Gasteiger partial charge in [-0.1, -0.05) is 13.8 Å². The molecule has 1 heterocycles. The van der Waals surface area contributed by atoms with Crippen molar-refractivity contribution >= 4 is 0 Å². The summed E-state index contributed by atoms with van der Waals surface area (Å²) in [7, 11) is 0. The molecular weight excluding hydrogens is 132 g/mol. The minimum atomic E-state index is -0.631. The molecule has 10 heavy (non-hydrogen) atoms. The Morgan fingerprint density at radius 1 is 1.50 bits per heavy atom. The summed E-state index contributed by atoms with van der Waals surface area (Å²) in [5, 5.41) is 9.24. The molecule has 0 bridgehead atoms. The molecule has 1 aliphatic heterocycles. The van der Waals surface area contributed by atoms with E-state index in [-0.39, 0.29) is 12.7 Å². The molecule has 1 aliphatic rings. The second-order valence-electron chi connectivity index (χ2n) is 2.95. The highest BCUT2D eigenvalue weighted by Gasteiger charge is 2.26. The van der Waals surface area contributed by atoms with E-state index in [1.807, 2.05) is 13.8 Å². The summed E-state index contributed by atoms with van der Waals surface area (Å²) in [5.74, 6) is 0.545. The first-order valence-electron chi connectivity index (χ1n) is 3.59. The molecule has 0 aromatic rings. The van der Waals surface area contributed by atoms with Crippen molar-refractivity contribution in [3.8, 4) is 0 Å². The van der Waals surface area contributed by atoms with Crippen molar-refractivity contribution in [1.29, 1.82) is 0 Å². The molecule has 1 fully saturated rings. The fourth-order valence-corrected chi connectivity index (χ4v) is 1.03. The summed E-state index contributed by atoms with van der Waals surface area (Å²) in [6.45, 7) is 4.93. The number of rotatable bonds is 1. The predicted molar refractivity (Wildman–Crippen MR) is 36.2 cm³/mol. The lowest BCUT2D eigenvalue weighted by Crippen LogP contribution is -2.37. The van der Waals surface area contributed by atoms with Gasteiger partial charge in [0, 0.05) is 5.92 Å². The second kappa shape index (κ2) is 3.32. The van der Waals surface area contributed by atoms with Gasteiger partial charge in [0.15, 0.2) is 6.29 Å². The smallest absolute Gasteiger partial charge is 0.162 e. The summed E-state index contributed by atoms with van der Waals surface area (Å²) in [6.07, 6.45) is -0.631. The molecule has 1 rings (SSSR count). The van der Waals surface area contributed by atoms with Gasteiger partial charge in [0.05, 0.1) is 6.61 Å². The molecule has 0 aromatic heterocycles. The van der Waals surface area contributed by atoms with Crippen LogP contribution in [0, 0.1) is 11.8 Å². The molecular formula is C7H14O3. The van der Waals surface area contributed by atoms with E-state index >= 15 is 0 Å². The van der Waals surface area contributed by atoms with E-state index < -0.39 is 6.29 Å². The molecule has 0 saturated carbocycles. The van der Waals surface area contributed by atoms with Crippen molar-refractivity contribution < 1.29 is 14.6 Å². The summed E-state index contributed by atoms with van der Waals surface area (Å²) in [5.41, 5.74) is 0. The van der Waals surface area contributed by atoms with Gasteiger partial charge < -0.3 is 14.6 Å². The van der Waals surface area contributed by atoms with Gasteiger partial charge in [-0.3, -0.25) is 0 Å². The third kappa shape index (κ3) is 1.68. The standard InChI is InChI=1S/C7H14O3/c1-5(2)6-3-9-4-10-7(6)8/h5-8H,3-4H2,1-2H3/t6-,7?/m1/s1. The van der Waals surface area contributed by atoms with E-state index in [1.165, 1.54) is 0 Å². The van der Waals surface area contributed by atoms with E-state index in [4.69, 9.17) is 9.47 Å². The van der Waals surface area contributed by atoms with Gasteiger partial charge in [-0.25, -0.2) is 0 Å². The zero-order valence-electron chi connectivity index (χ0n) is 6.41. The van der Waals surface area contributed by atoms with Crippen LogP contribution < -0.4 is 0 Å². The van der Waals surface area contributed by atoms with Crippen molar-refractivity contribution in [2.75, 3.05) is 13.4 Å². The van der Waals surface area contributed by atoms with Gasteiger partial charge in [0.2, 0.25) is 0 Å². The molecule has 60 valence electrons. The minimum Gasteiger partial charge on any atom is -0.368 e. The SMILES string of the molecule is CC(C)[C@H]1COCOC1O. The van der Waals surface area contributed by atoms with Crippen LogP contribution >= 0.6 is 0 Å². The average molecular weight is 146 g/mol. The number of ether oxygens (including phenoxy) is 2. The Hall–Kier alpha value is -0.120. The van der Waals surface area contributed by atoms with E-state index in [0.29, 0.717) is 12.5 Å². The van der Waals surface area contributed by atoms with Gasteiger partial charge in [-0.05, 0) is 5.92 Å². The molecule has 0 aromatic carbocycles. The van der Waals surface area contributed by atoms with Crippen LogP contribution in [0.1, 0.15) is 13.8 Å². The number of hydrogen-bond acceptors (Lipinski definition) is 3. The number of aliphatic hydroxyl groups is 1. The minimum absolute atomic E-state index is 0.133. The Morgan fingerprint density at radius 2 is 2.20 bits per heavy atom. The van der Waals surface area contributed by atoms with Gasteiger partial charge in [-0.2, -0.15) is 0 Å². The summed E-state index contributed by atoms with van der Waals surface area (Å²) in [6, 6.07) is 0. The topological polar surface area (TPSA) is 38.7 Å². The van der Waals surface area contributed by atoms with Crippen LogP contribution in [-0.4, -0.2) is 24.8 Å². The Bertz CT molecular complexity index is 103. The Labute approximate surface area is 60.9 Å². The third-order valence-corrected chi connectivity index (χ3v) is 1.86. The van der Waals surface area contributed by atoms with Crippen molar-refractivity contribution in [2.24, 2.45) is 11.8 Å². The zero-order valence-corrected chi connectivity index (χ0v) is 6.41. The fourth-order valence-electron chi connectivity index (χ4n) is 1.03. The quantitative estimate of drug-likeness (QED) is 0.588. The van der Waals surface area contributed by atoms with Crippen LogP contribution in [0.4, 0.5) is 0 Å². The fraction of sp³-hybridized carbons (Fsp3) is 1.00. The molecule has 1 saturated heterocycles. The maximum Gasteiger partial charge on any atom is 0.162 e. The van der Waals surface area contributed by atoms with E-state index in [0.717, 1.165) is 0 Å². The van der Waals surface area contributed by atoms with Gasteiger partial charge >= 0.3 is 0 Å². The lowest BCUT2D eigenvalue weighted by atomic mass is 9.96. The van der Waals surface area contributed by atoms with Crippen molar-refractivity contribution in [3.05, 3.63) is 0 Å². The lowest BCUT2D eigenvalue weighted by molar-refractivity contribution is -0.252. The molecule has 2 atom stereocenters. The van der Waals surface area contributed by atoms with Gasteiger partial charge in [0.25, 0.3) is 0 Å². The Morgan fingerprint density at radius 3 is 2.60 bits per heavy atom. The van der Waals surface area contributed by atoms with Crippen molar-refractivity contribution in [1.82, 2.24) is 0 Å². The Kier molecular flexibility index (Phi) is 2.65. The monoisotopic (exact) mass is 146 g/mol. The first-order valence-corrected chi connectivity index (χ1v) is 3.59. The molecule has 1 N–H and O–H groups in total. The maximum absolute atomic E-state index is 9.24. The maximum atomic E-state index is 9.24. The molecule has 0 radical (unpaired) electrons. The normalized spacial score (nSPS) is 34.8. The molecule has 3 heteroatoms. The van der Waals surface area contributed by atoms with Gasteiger partial charge in [-0.15, -0.1) is 0 Å². The highest BCUT2D eigenvalue weighted by Crippen LogP contribution is 2.20. The summed E-state index contributed by atoms with van der Waals surface area (Å²) in [4.78, 5) is 0. The lowest BCUT2D eigenvalue weighted by Gasteiger charge is -2.30. The van der Waals surface area contributed by atoms with Crippen LogP contribution in [0.15, 0.2) is 0 Å². The third-order valence-electron chi connectivity index (χ3n) is 1.86. The molecule has 3 nitrogen and oxygen atoms in total. The molecule has 0 spiro atoms. The van der Waals surface area contributed by atoms with Crippen LogP contribution in [0.2, 0.25) is 0 Å². The second-order valence-corrected chi connectivity index (χ2v) is 2.95. The molecule has 1 unspecified atom stereocenters. The van der Waals surface area contributed by atoms with Crippen molar-refractivity contribution in [3.63, 3.8) is 0 Å². The van der Waals surface area contributed by atoms with Crippen LogP contribution in [0.5, 0.6) is 0 Å². The van der Waals surface area contributed by atoms with Crippen LogP contribution in [0.3, 0.4) is 0 Å². The highest BCUT2D eigenvalue weighted by molar-refractivity contribution is 4.66. The Balaban J connectivity index is 2.40. The highest BCUT2D eigenvalue weighted by atomic mass is 16.7. The number of hydrogen-bond donors (Lipinski definition) is 1. The first-order chi connectivity index (χ1) is 4.72. The number of aliphatic hydroxyl groups excluding tert-OH is 1. The van der Waals surface area contributed by atoms with E-state index in [1.54, 1.807) is 0 Å². The van der Waals surface area contributed by atoms with Gasteiger partial charge in [0.1, 0.15) is 6.79 Å². The molecule has 0 aliphatic carbocycles. The largest absolute Gasteiger partial charge is 0.368 e. The van der Waals surface area contributed by atoms with E-state index in [2.05, 4.69) is 0 Å². The first kappa shape index (κ1) is 7.98. The van der Waals surface area contributed by atoms with Crippen LogP contribution in [0.25, 0.3) is 0 Å². The summed E-state index contributed by atoms with van der Waals surface area (Å²) >= 11 is 0. The zero-order chi connectivity index (χ0) is 7.56. The average Bonchev–Trinajstić information content (AvgIpc) is 1.88.